The highest BCUT2D eigenvalue weighted by Crippen LogP contribution is 2.36. The van der Waals surface area contributed by atoms with Gasteiger partial charge in [-0.3, -0.25) is 0 Å². The smallest absolute Gasteiger partial charge is 0.229 e. The quantitative estimate of drug-likeness (QED) is 0.941. The van der Waals surface area contributed by atoms with Gasteiger partial charge in [-0.05, 0) is 24.6 Å². The summed E-state index contributed by atoms with van der Waals surface area (Å²) in [6.07, 6.45) is 1.13. The van der Waals surface area contributed by atoms with Gasteiger partial charge >= 0.3 is 0 Å². The molecule has 1 aromatic heterocycles. The van der Waals surface area contributed by atoms with Crippen molar-refractivity contribution in [3.05, 3.63) is 47.7 Å². The summed E-state index contributed by atoms with van der Waals surface area (Å²) < 4.78 is 32.5. The van der Waals surface area contributed by atoms with E-state index < -0.39 is 23.8 Å². The Morgan fingerprint density at radius 3 is 2.91 bits per heavy atom. The highest BCUT2D eigenvalue weighted by Gasteiger charge is 2.35. The van der Waals surface area contributed by atoms with E-state index in [1.807, 2.05) is 0 Å². The van der Waals surface area contributed by atoms with Crippen LogP contribution in [0.3, 0.4) is 0 Å². The molecule has 0 saturated carbocycles. The van der Waals surface area contributed by atoms with Gasteiger partial charge in [0.15, 0.2) is 0 Å². The Balaban J connectivity index is 2.00. The molecule has 3 rings (SSSR count). The minimum atomic E-state index is -0.664. The first-order chi connectivity index (χ1) is 10.6. The van der Waals surface area contributed by atoms with E-state index in [0.29, 0.717) is 11.8 Å². The molecule has 5 nitrogen and oxygen atoms in total. The van der Waals surface area contributed by atoms with Gasteiger partial charge in [-0.25, -0.2) is 13.8 Å². The van der Waals surface area contributed by atoms with Crippen molar-refractivity contribution < 1.29 is 18.6 Å². The van der Waals surface area contributed by atoms with Crippen molar-refractivity contribution in [1.82, 2.24) is 9.97 Å². The lowest BCUT2D eigenvalue weighted by Gasteiger charge is -2.25. The molecular weight excluding hydrogens is 292 g/mol. The number of benzene rings is 1. The maximum absolute atomic E-state index is 14.0. The minimum Gasteiger partial charge on any atom is -0.481 e. The predicted molar refractivity (Wildman–Crippen MR) is 75.7 cm³/mol. The topological polar surface area (TPSA) is 58.5 Å². The molecule has 0 unspecified atom stereocenters. The number of ether oxygens (including phenoxy) is 1. The largest absolute Gasteiger partial charge is 0.481 e. The van der Waals surface area contributed by atoms with E-state index >= 15 is 0 Å². The van der Waals surface area contributed by atoms with Crippen LogP contribution in [-0.4, -0.2) is 34.8 Å². The Hall–Kier alpha value is -2.28. The van der Waals surface area contributed by atoms with Crippen LogP contribution < -0.4 is 9.64 Å². The van der Waals surface area contributed by atoms with Crippen LogP contribution in [0.4, 0.5) is 14.7 Å². The third kappa shape index (κ3) is 2.71. The molecule has 0 bridgehead atoms. The molecule has 2 heterocycles. The molecule has 2 atom stereocenters. The lowest BCUT2D eigenvalue weighted by molar-refractivity contribution is 0.194. The number of anilines is 1. The van der Waals surface area contributed by atoms with Crippen LogP contribution in [0.15, 0.2) is 30.5 Å². The third-order valence-corrected chi connectivity index (χ3v) is 3.68. The highest BCUT2D eigenvalue weighted by molar-refractivity contribution is 5.41. The van der Waals surface area contributed by atoms with Crippen molar-refractivity contribution in [2.45, 2.75) is 18.6 Å². The van der Waals surface area contributed by atoms with E-state index in [1.54, 1.807) is 11.0 Å². The lowest BCUT2D eigenvalue weighted by Crippen LogP contribution is -2.26. The summed E-state index contributed by atoms with van der Waals surface area (Å²) in [7, 11) is 1.48. The van der Waals surface area contributed by atoms with Crippen LogP contribution in [0.1, 0.15) is 18.0 Å². The summed E-state index contributed by atoms with van der Waals surface area (Å²) in [6, 6.07) is 4.35. The standard InChI is InChI=1S/C15H15F2N3O2/c1-22-14-4-5-18-15(19-14)20-8-10(21)7-13(20)11-6-9(16)2-3-12(11)17/h2-6,10,13,21H,7-8H2,1H3/t10-,13+/m1/s1. The average Bonchev–Trinajstić information content (AvgIpc) is 2.91. The van der Waals surface area contributed by atoms with Crippen molar-refractivity contribution in [1.29, 1.82) is 0 Å². The predicted octanol–water partition coefficient (Wildman–Crippen LogP) is 2.08. The number of aliphatic hydroxyl groups excluding tert-OH is 1. The lowest BCUT2D eigenvalue weighted by atomic mass is 10.0. The molecular formula is C15H15F2N3O2. The second-order valence-corrected chi connectivity index (χ2v) is 5.12. The Bertz CT molecular complexity index is 684. The molecule has 116 valence electrons. The number of rotatable bonds is 3. The first-order valence-corrected chi connectivity index (χ1v) is 6.85. The normalized spacial score (nSPS) is 21.2. The van der Waals surface area contributed by atoms with E-state index in [0.717, 1.165) is 18.2 Å². The molecule has 0 radical (unpaired) electrons. The SMILES string of the molecule is COc1ccnc(N2C[C@H](O)C[C@H]2c2cc(F)ccc2F)n1. The van der Waals surface area contributed by atoms with Crippen LogP contribution in [0.2, 0.25) is 0 Å². The second-order valence-electron chi connectivity index (χ2n) is 5.12. The number of hydrogen-bond acceptors (Lipinski definition) is 5. The fourth-order valence-electron chi connectivity index (χ4n) is 2.68. The number of methoxy groups -OCH3 is 1. The maximum Gasteiger partial charge on any atom is 0.229 e. The number of halogens is 2. The molecule has 2 aromatic rings. The number of nitrogens with zero attached hydrogens (tertiary/aromatic N) is 3. The van der Waals surface area contributed by atoms with E-state index in [1.165, 1.54) is 13.3 Å². The molecule has 0 spiro atoms. The Labute approximate surface area is 126 Å². The van der Waals surface area contributed by atoms with Crippen molar-refractivity contribution in [3.63, 3.8) is 0 Å². The monoisotopic (exact) mass is 307 g/mol. The van der Waals surface area contributed by atoms with Crippen LogP contribution in [0.5, 0.6) is 5.88 Å². The van der Waals surface area contributed by atoms with Gasteiger partial charge in [0.1, 0.15) is 11.6 Å². The first kappa shape index (κ1) is 14.6. The highest BCUT2D eigenvalue weighted by atomic mass is 19.1. The van der Waals surface area contributed by atoms with E-state index in [9.17, 15) is 13.9 Å². The van der Waals surface area contributed by atoms with E-state index in [2.05, 4.69) is 9.97 Å². The first-order valence-electron chi connectivity index (χ1n) is 6.85. The van der Waals surface area contributed by atoms with Crippen molar-refractivity contribution in [2.75, 3.05) is 18.6 Å². The van der Waals surface area contributed by atoms with Gasteiger partial charge in [0.05, 0.1) is 19.3 Å². The van der Waals surface area contributed by atoms with Crippen LogP contribution >= 0.6 is 0 Å². The van der Waals surface area contributed by atoms with Gasteiger partial charge in [-0.2, -0.15) is 4.98 Å². The summed E-state index contributed by atoms with van der Waals surface area (Å²) in [5, 5.41) is 9.93. The Morgan fingerprint density at radius 1 is 1.32 bits per heavy atom. The van der Waals surface area contributed by atoms with Gasteiger partial charge < -0.3 is 14.7 Å². The molecule has 1 N–H and O–H groups in total. The molecule has 22 heavy (non-hydrogen) atoms. The molecule has 1 aliphatic rings. The van der Waals surface area contributed by atoms with Crippen molar-refractivity contribution in [2.24, 2.45) is 0 Å². The van der Waals surface area contributed by atoms with E-state index in [4.69, 9.17) is 4.74 Å². The van der Waals surface area contributed by atoms with Crippen LogP contribution in [0, 0.1) is 11.6 Å². The summed E-state index contributed by atoms with van der Waals surface area (Å²) >= 11 is 0. The number of hydrogen-bond donors (Lipinski definition) is 1. The zero-order valence-electron chi connectivity index (χ0n) is 11.9. The van der Waals surface area contributed by atoms with Gasteiger partial charge in [0, 0.05) is 24.4 Å². The van der Waals surface area contributed by atoms with Crippen LogP contribution in [-0.2, 0) is 0 Å². The molecule has 1 fully saturated rings. The minimum absolute atomic E-state index is 0.183. The number of aromatic nitrogens is 2. The zero-order valence-corrected chi connectivity index (χ0v) is 11.9. The Kier molecular flexibility index (Phi) is 3.89. The number of aliphatic hydroxyl groups is 1. The molecule has 1 saturated heterocycles. The molecule has 1 aromatic carbocycles. The van der Waals surface area contributed by atoms with Crippen molar-refractivity contribution in [3.8, 4) is 5.88 Å². The summed E-state index contributed by atoms with van der Waals surface area (Å²) in [6.45, 7) is 0.244. The maximum atomic E-state index is 14.0. The van der Waals surface area contributed by atoms with Crippen molar-refractivity contribution >= 4 is 5.95 Å². The zero-order chi connectivity index (χ0) is 15.7. The summed E-state index contributed by atoms with van der Waals surface area (Å²) in [5.41, 5.74) is 0.183. The Morgan fingerprint density at radius 2 is 2.14 bits per heavy atom. The summed E-state index contributed by atoms with van der Waals surface area (Å²) in [4.78, 5) is 10.00. The van der Waals surface area contributed by atoms with Gasteiger partial charge in [0.25, 0.3) is 0 Å². The third-order valence-electron chi connectivity index (χ3n) is 3.68. The fourth-order valence-corrected chi connectivity index (χ4v) is 2.68. The average molecular weight is 307 g/mol. The molecule has 0 amide bonds. The van der Waals surface area contributed by atoms with E-state index in [-0.39, 0.29) is 18.5 Å². The molecule has 0 aliphatic carbocycles. The summed E-state index contributed by atoms with van der Waals surface area (Å²) in [5.74, 6) is -0.368. The van der Waals surface area contributed by atoms with Gasteiger partial charge in [0.2, 0.25) is 11.8 Å². The second kappa shape index (κ2) is 5.84. The van der Waals surface area contributed by atoms with Gasteiger partial charge in [-0.1, -0.05) is 0 Å². The molecule has 7 heteroatoms. The van der Waals surface area contributed by atoms with Gasteiger partial charge in [-0.15, -0.1) is 0 Å². The number of β-amino-alcohol motifs (C(OH)–C–C–N with tert-alkyl or cyclic N) is 1. The van der Waals surface area contributed by atoms with Crippen LogP contribution in [0.25, 0.3) is 0 Å². The molecule has 1 aliphatic heterocycles. The fraction of sp³-hybridized carbons (Fsp3) is 0.333.